The molecular formula is C15H18N4O. The summed E-state index contributed by atoms with van der Waals surface area (Å²) < 4.78 is 0. The maximum absolute atomic E-state index is 12.1. The van der Waals surface area contributed by atoms with Crippen LogP contribution in [-0.4, -0.2) is 10.9 Å². The Morgan fingerprint density at radius 3 is 2.65 bits per heavy atom. The molecule has 5 heteroatoms. The molecule has 20 heavy (non-hydrogen) atoms. The summed E-state index contributed by atoms with van der Waals surface area (Å²) in [7, 11) is 0. The predicted molar refractivity (Wildman–Crippen MR) is 80.4 cm³/mol. The summed E-state index contributed by atoms with van der Waals surface area (Å²) in [6.07, 6.45) is 3.69. The van der Waals surface area contributed by atoms with E-state index in [-0.39, 0.29) is 5.91 Å². The Morgan fingerprint density at radius 1 is 1.25 bits per heavy atom. The van der Waals surface area contributed by atoms with Gasteiger partial charge in [-0.05, 0) is 36.2 Å². The molecule has 5 nitrogen and oxygen atoms in total. The van der Waals surface area contributed by atoms with E-state index in [1.165, 1.54) is 11.8 Å². The van der Waals surface area contributed by atoms with E-state index in [0.717, 1.165) is 18.5 Å². The van der Waals surface area contributed by atoms with Crippen LogP contribution in [0.25, 0.3) is 0 Å². The number of aryl methyl sites for hydroxylation is 1. The van der Waals surface area contributed by atoms with E-state index in [2.05, 4.69) is 22.7 Å². The molecule has 0 spiro atoms. The van der Waals surface area contributed by atoms with E-state index >= 15 is 0 Å². The third-order valence-corrected chi connectivity index (χ3v) is 2.92. The SMILES string of the molecule is CCCc1ccc(NC(=O)c2ccnc(NN)c2)cc1. The predicted octanol–water partition coefficient (Wildman–Crippen LogP) is 2.57. The van der Waals surface area contributed by atoms with Gasteiger partial charge >= 0.3 is 0 Å². The molecule has 0 saturated heterocycles. The number of hydrogen-bond acceptors (Lipinski definition) is 4. The molecule has 0 atom stereocenters. The lowest BCUT2D eigenvalue weighted by molar-refractivity contribution is 0.102. The smallest absolute Gasteiger partial charge is 0.255 e. The first-order chi connectivity index (χ1) is 9.72. The quantitative estimate of drug-likeness (QED) is 0.576. The number of rotatable bonds is 5. The van der Waals surface area contributed by atoms with Crippen molar-refractivity contribution in [1.29, 1.82) is 0 Å². The summed E-state index contributed by atoms with van der Waals surface area (Å²) in [5.41, 5.74) is 4.96. The zero-order valence-electron chi connectivity index (χ0n) is 11.4. The largest absolute Gasteiger partial charge is 0.322 e. The third-order valence-electron chi connectivity index (χ3n) is 2.92. The molecule has 0 bridgehead atoms. The number of amides is 1. The number of nitrogens with zero attached hydrogens (tertiary/aromatic N) is 1. The molecule has 2 rings (SSSR count). The van der Waals surface area contributed by atoms with E-state index < -0.39 is 0 Å². The molecule has 1 heterocycles. The number of pyridine rings is 1. The van der Waals surface area contributed by atoms with Gasteiger partial charge in [0.1, 0.15) is 5.82 Å². The average Bonchev–Trinajstić information content (AvgIpc) is 2.49. The van der Waals surface area contributed by atoms with Crippen molar-refractivity contribution >= 4 is 17.4 Å². The van der Waals surface area contributed by atoms with Crippen molar-refractivity contribution in [3.63, 3.8) is 0 Å². The van der Waals surface area contributed by atoms with E-state index in [1.54, 1.807) is 12.1 Å². The van der Waals surface area contributed by atoms with Gasteiger partial charge in [-0.1, -0.05) is 25.5 Å². The van der Waals surface area contributed by atoms with Crippen molar-refractivity contribution in [2.75, 3.05) is 10.7 Å². The highest BCUT2D eigenvalue weighted by Gasteiger charge is 2.07. The standard InChI is InChI=1S/C15H18N4O/c1-2-3-11-4-6-13(7-5-11)18-15(20)12-8-9-17-14(10-12)19-16/h4-10H,2-3,16H2,1H3,(H,17,19)(H,18,20). The summed E-state index contributed by atoms with van der Waals surface area (Å²) >= 11 is 0. The summed E-state index contributed by atoms with van der Waals surface area (Å²) in [5.74, 6) is 5.54. The van der Waals surface area contributed by atoms with Crippen molar-refractivity contribution in [1.82, 2.24) is 4.98 Å². The van der Waals surface area contributed by atoms with Gasteiger partial charge in [-0.3, -0.25) is 4.79 Å². The first-order valence-electron chi connectivity index (χ1n) is 6.56. The highest BCUT2D eigenvalue weighted by molar-refractivity contribution is 6.04. The van der Waals surface area contributed by atoms with Crippen LogP contribution >= 0.6 is 0 Å². The number of aromatic nitrogens is 1. The van der Waals surface area contributed by atoms with Gasteiger partial charge in [-0.25, -0.2) is 10.8 Å². The highest BCUT2D eigenvalue weighted by Crippen LogP contribution is 2.13. The van der Waals surface area contributed by atoms with Crippen LogP contribution < -0.4 is 16.6 Å². The van der Waals surface area contributed by atoms with Crippen molar-refractivity contribution < 1.29 is 4.79 Å². The molecule has 0 unspecified atom stereocenters. The van der Waals surface area contributed by atoms with Crippen molar-refractivity contribution in [2.24, 2.45) is 5.84 Å². The van der Waals surface area contributed by atoms with E-state index in [1.807, 2.05) is 24.3 Å². The molecule has 1 amide bonds. The second-order valence-electron chi connectivity index (χ2n) is 4.48. The zero-order valence-corrected chi connectivity index (χ0v) is 11.4. The minimum absolute atomic E-state index is 0.188. The second kappa shape index (κ2) is 6.68. The number of hydrogen-bond donors (Lipinski definition) is 3. The lowest BCUT2D eigenvalue weighted by Gasteiger charge is -2.07. The summed E-state index contributed by atoms with van der Waals surface area (Å²) in [5, 5.41) is 2.84. The van der Waals surface area contributed by atoms with Crippen molar-refractivity contribution in [2.45, 2.75) is 19.8 Å². The molecule has 2 aromatic rings. The van der Waals surface area contributed by atoms with Crippen LogP contribution in [0.4, 0.5) is 11.5 Å². The Bertz CT molecular complexity index is 581. The number of carbonyl (C=O) groups excluding carboxylic acids is 1. The number of nitrogens with one attached hydrogen (secondary N) is 2. The van der Waals surface area contributed by atoms with Crippen LogP contribution in [0.5, 0.6) is 0 Å². The number of nitrogen functional groups attached to an aromatic ring is 1. The first-order valence-corrected chi connectivity index (χ1v) is 6.56. The molecule has 0 aliphatic heterocycles. The maximum Gasteiger partial charge on any atom is 0.255 e. The Labute approximate surface area is 118 Å². The maximum atomic E-state index is 12.1. The van der Waals surface area contributed by atoms with Crippen LogP contribution in [0, 0.1) is 0 Å². The molecule has 0 aliphatic rings. The van der Waals surface area contributed by atoms with Crippen molar-refractivity contribution in [3.05, 3.63) is 53.7 Å². The molecule has 104 valence electrons. The monoisotopic (exact) mass is 270 g/mol. The lowest BCUT2D eigenvalue weighted by Crippen LogP contribution is -2.14. The number of carbonyl (C=O) groups is 1. The van der Waals surface area contributed by atoms with Gasteiger partial charge in [0.2, 0.25) is 0 Å². The number of anilines is 2. The Hall–Kier alpha value is -2.40. The Balaban J connectivity index is 2.06. The highest BCUT2D eigenvalue weighted by atomic mass is 16.1. The minimum atomic E-state index is -0.188. The fraction of sp³-hybridized carbons (Fsp3) is 0.200. The second-order valence-corrected chi connectivity index (χ2v) is 4.48. The molecule has 0 radical (unpaired) electrons. The first kappa shape index (κ1) is 14.0. The molecule has 4 N–H and O–H groups in total. The average molecular weight is 270 g/mol. The summed E-state index contributed by atoms with van der Waals surface area (Å²) in [4.78, 5) is 16.0. The van der Waals surface area contributed by atoms with E-state index in [4.69, 9.17) is 5.84 Å². The number of benzene rings is 1. The molecular weight excluding hydrogens is 252 g/mol. The summed E-state index contributed by atoms with van der Waals surface area (Å²) in [6, 6.07) is 11.1. The van der Waals surface area contributed by atoms with E-state index in [9.17, 15) is 4.79 Å². The fourth-order valence-electron chi connectivity index (χ4n) is 1.90. The van der Waals surface area contributed by atoms with Gasteiger partial charge in [0, 0.05) is 17.4 Å². The minimum Gasteiger partial charge on any atom is -0.322 e. The lowest BCUT2D eigenvalue weighted by atomic mass is 10.1. The normalized spacial score (nSPS) is 10.1. The molecule has 1 aromatic heterocycles. The van der Waals surface area contributed by atoms with Crippen LogP contribution in [0.3, 0.4) is 0 Å². The van der Waals surface area contributed by atoms with Crippen molar-refractivity contribution in [3.8, 4) is 0 Å². The summed E-state index contributed by atoms with van der Waals surface area (Å²) in [6.45, 7) is 2.14. The Morgan fingerprint density at radius 2 is 2.00 bits per heavy atom. The van der Waals surface area contributed by atoms with Crippen LogP contribution in [0.1, 0.15) is 29.3 Å². The van der Waals surface area contributed by atoms with Gasteiger partial charge < -0.3 is 10.7 Å². The van der Waals surface area contributed by atoms with Gasteiger partial charge in [-0.2, -0.15) is 0 Å². The molecule has 0 fully saturated rings. The van der Waals surface area contributed by atoms with Crippen LogP contribution in [0.2, 0.25) is 0 Å². The van der Waals surface area contributed by atoms with E-state index in [0.29, 0.717) is 11.4 Å². The third kappa shape index (κ3) is 3.55. The molecule has 0 aliphatic carbocycles. The van der Waals surface area contributed by atoms with Gasteiger partial charge in [-0.15, -0.1) is 0 Å². The van der Waals surface area contributed by atoms with Crippen LogP contribution in [0.15, 0.2) is 42.6 Å². The Kier molecular flexibility index (Phi) is 4.68. The molecule has 1 aromatic carbocycles. The number of hydrazine groups is 1. The number of nitrogens with two attached hydrogens (primary N) is 1. The zero-order chi connectivity index (χ0) is 14.4. The fourth-order valence-corrected chi connectivity index (χ4v) is 1.90. The van der Waals surface area contributed by atoms with Gasteiger partial charge in [0.05, 0.1) is 0 Å². The van der Waals surface area contributed by atoms with Crippen LogP contribution in [-0.2, 0) is 6.42 Å². The topological polar surface area (TPSA) is 80.0 Å². The van der Waals surface area contributed by atoms with Gasteiger partial charge in [0.15, 0.2) is 0 Å². The molecule has 0 saturated carbocycles. The van der Waals surface area contributed by atoms with Gasteiger partial charge in [0.25, 0.3) is 5.91 Å².